The second-order valence-corrected chi connectivity index (χ2v) is 10.2. The number of hydrogen-bond acceptors (Lipinski definition) is 6. The molecule has 2 aromatic carbocycles. The SMILES string of the molecule is CN1C(=O)CC(C)(c2cc(-c3cccc(C#N)c3)c(C3=CCN(c4ccccc4)CC3)s2)N=C1N. The van der Waals surface area contributed by atoms with Gasteiger partial charge in [0, 0.05) is 41.1 Å². The highest BCUT2D eigenvalue weighted by Gasteiger charge is 2.38. The van der Waals surface area contributed by atoms with Gasteiger partial charge in [-0.1, -0.05) is 36.4 Å². The number of aliphatic imine (C=N–C) groups is 1. The van der Waals surface area contributed by atoms with E-state index < -0.39 is 5.54 Å². The lowest BCUT2D eigenvalue weighted by atomic mass is 9.92. The first-order chi connectivity index (χ1) is 16.9. The number of guanidine groups is 1. The molecule has 0 radical (unpaired) electrons. The highest BCUT2D eigenvalue weighted by molar-refractivity contribution is 7.13. The Balaban J connectivity index is 1.58. The summed E-state index contributed by atoms with van der Waals surface area (Å²) in [6, 6.07) is 22.5. The lowest BCUT2D eigenvalue weighted by Crippen LogP contribution is -2.47. The van der Waals surface area contributed by atoms with Crippen molar-refractivity contribution in [3.63, 3.8) is 0 Å². The predicted octanol–water partition coefficient (Wildman–Crippen LogP) is 4.97. The van der Waals surface area contributed by atoms with Gasteiger partial charge < -0.3 is 10.6 Å². The van der Waals surface area contributed by atoms with Crippen LogP contribution < -0.4 is 10.6 Å². The van der Waals surface area contributed by atoms with Gasteiger partial charge in [0.25, 0.3) is 0 Å². The number of thiophene rings is 1. The number of nitrogens with zero attached hydrogens (tertiary/aromatic N) is 4. The van der Waals surface area contributed by atoms with Crippen molar-refractivity contribution in [1.29, 1.82) is 5.26 Å². The largest absolute Gasteiger partial charge is 0.369 e. The Morgan fingerprint density at radius 3 is 2.63 bits per heavy atom. The van der Waals surface area contributed by atoms with Crippen LogP contribution >= 0.6 is 11.3 Å². The summed E-state index contributed by atoms with van der Waals surface area (Å²) in [6.07, 6.45) is 3.47. The maximum atomic E-state index is 12.6. The van der Waals surface area contributed by atoms with Crippen LogP contribution in [0.2, 0.25) is 0 Å². The molecule has 0 saturated heterocycles. The Labute approximate surface area is 209 Å². The number of rotatable bonds is 4. The van der Waals surface area contributed by atoms with Crippen molar-refractivity contribution in [2.24, 2.45) is 10.7 Å². The molecule has 6 nitrogen and oxygen atoms in total. The summed E-state index contributed by atoms with van der Waals surface area (Å²) in [5.74, 6) is 0.195. The number of para-hydroxylation sites is 1. The van der Waals surface area contributed by atoms with Crippen LogP contribution in [0, 0.1) is 11.3 Å². The zero-order valence-electron chi connectivity index (χ0n) is 19.9. The molecule has 3 aromatic rings. The maximum Gasteiger partial charge on any atom is 0.231 e. The monoisotopic (exact) mass is 481 g/mol. The van der Waals surface area contributed by atoms with Crippen LogP contribution in [0.3, 0.4) is 0 Å². The second kappa shape index (κ2) is 9.05. The number of benzene rings is 2. The van der Waals surface area contributed by atoms with Crippen LogP contribution in [0.1, 0.15) is 35.1 Å². The Morgan fingerprint density at radius 1 is 1.14 bits per heavy atom. The van der Waals surface area contributed by atoms with E-state index in [9.17, 15) is 10.1 Å². The van der Waals surface area contributed by atoms with Crippen molar-refractivity contribution >= 4 is 34.5 Å². The van der Waals surface area contributed by atoms with Gasteiger partial charge in [-0.2, -0.15) is 5.26 Å². The first-order valence-corrected chi connectivity index (χ1v) is 12.5. The van der Waals surface area contributed by atoms with Gasteiger partial charge in [0.15, 0.2) is 5.96 Å². The molecule has 2 aliphatic rings. The Morgan fingerprint density at radius 2 is 1.94 bits per heavy atom. The molecule has 1 atom stereocenters. The molecular formula is C28H27N5OS. The minimum absolute atomic E-state index is 0.0432. The van der Waals surface area contributed by atoms with E-state index in [1.54, 1.807) is 18.4 Å². The summed E-state index contributed by atoms with van der Waals surface area (Å²) < 4.78 is 0. The number of carbonyl (C=O) groups is 1. The normalized spacial score (nSPS) is 20.3. The molecule has 176 valence electrons. The van der Waals surface area contributed by atoms with Crippen LogP contribution in [0.4, 0.5) is 5.69 Å². The van der Waals surface area contributed by atoms with Crippen molar-refractivity contribution in [1.82, 2.24) is 4.90 Å². The van der Waals surface area contributed by atoms with Crippen LogP contribution in [0.5, 0.6) is 0 Å². The minimum Gasteiger partial charge on any atom is -0.369 e. The smallest absolute Gasteiger partial charge is 0.231 e. The average Bonchev–Trinajstić information content (AvgIpc) is 3.35. The Hall–Kier alpha value is -3.89. The fraction of sp³-hybridized carbons (Fsp3) is 0.250. The van der Waals surface area contributed by atoms with Crippen LogP contribution in [-0.4, -0.2) is 36.9 Å². The lowest BCUT2D eigenvalue weighted by molar-refractivity contribution is -0.128. The fourth-order valence-corrected chi connectivity index (χ4v) is 6.00. The van der Waals surface area contributed by atoms with Gasteiger partial charge in [-0.25, -0.2) is 4.99 Å². The minimum atomic E-state index is -0.719. The lowest BCUT2D eigenvalue weighted by Gasteiger charge is -2.32. The molecule has 2 N–H and O–H groups in total. The standard InChI is InChI=1S/C28H27N5OS/c1-28(17-25(34)32(2)27(30)31-28)24-16-23(21-8-6-7-19(15-21)18-29)26(35-24)20-11-13-33(14-12-20)22-9-4-3-5-10-22/h3-11,15-16H,12-14,17H2,1-2H3,(H2,30,31). The third-order valence-electron chi connectivity index (χ3n) is 6.76. The third-order valence-corrected chi connectivity index (χ3v) is 8.23. The molecule has 0 aliphatic carbocycles. The fourth-order valence-electron chi connectivity index (χ4n) is 4.66. The predicted molar refractivity (Wildman–Crippen MR) is 142 cm³/mol. The highest BCUT2D eigenvalue weighted by atomic mass is 32.1. The molecule has 7 heteroatoms. The van der Waals surface area contributed by atoms with E-state index in [2.05, 4.69) is 47.4 Å². The van der Waals surface area contributed by atoms with E-state index in [4.69, 9.17) is 10.7 Å². The van der Waals surface area contributed by atoms with Gasteiger partial charge in [-0.15, -0.1) is 11.3 Å². The topological polar surface area (TPSA) is 85.7 Å². The number of anilines is 1. The first kappa shape index (κ1) is 22.9. The Kier molecular flexibility index (Phi) is 5.91. The summed E-state index contributed by atoms with van der Waals surface area (Å²) in [6.45, 7) is 3.73. The number of carbonyl (C=O) groups excluding carboxylic acids is 1. The molecule has 3 heterocycles. The average molecular weight is 482 g/mol. The van der Waals surface area contributed by atoms with Gasteiger partial charge in [0.1, 0.15) is 5.54 Å². The van der Waals surface area contributed by atoms with Gasteiger partial charge >= 0.3 is 0 Å². The van der Waals surface area contributed by atoms with E-state index in [0.717, 1.165) is 35.5 Å². The van der Waals surface area contributed by atoms with Crippen molar-refractivity contribution in [2.75, 3.05) is 25.0 Å². The van der Waals surface area contributed by atoms with Crippen molar-refractivity contribution < 1.29 is 4.79 Å². The molecule has 1 unspecified atom stereocenters. The van der Waals surface area contributed by atoms with E-state index in [1.165, 1.54) is 21.0 Å². The summed E-state index contributed by atoms with van der Waals surface area (Å²) in [5, 5.41) is 9.46. The van der Waals surface area contributed by atoms with Crippen molar-refractivity contribution in [3.8, 4) is 17.2 Å². The number of amides is 1. The van der Waals surface area contributed by atoms with E-state index >= 15 is 0 Å². The second-order valence-electron chi connectivity index (χ2n) is 9.18. The molecule has 5 rings (SSSR count). The van der Waals surface area contributed by atoms with Gasteiger partial charge in [0.05, 0.1) is 18.1 Å². The molecule has 0 saturated carbocycles. The van der Waals surface area contributed by atoms with Crippen molar-refractivity contribution in [2.45, 2.75) is 25.3 Å². The number of nitrogens with two attached hydrogens (primary N) is 1. The molecule has 2 aliphatic heterocycles. The summed E-state index contributed by atoms with van der Waals surface area (Å²) >= 11 is 1.68. The number of hydrogen-bond donors (Lipinski definition) is 1. The van der Waals surface area contributed by atoms with Crippen LogP contribution in [-0.2, 0) is 10.3 Å². The van der Waals surface area contributed by atoms with Crippen molar-refractivity contribution in [3.05, 3.63) is 82.1 Å². The number of nitriles is 1. The van der Waals surface area contributed by atoms with E-state index in [0.29, 0.717) is 5.56 Å². The molecule has 35 heavy (non-hydrogen) atoms. The van der Waals surface area contributed by atoms with Crippen LogP contribution in [0.25, 0.3) is 16.7 Å². The van der Waals surface area contributed by atoms with Gasteiger partial charge in [0.2, 0.25) is 5.91 Å². The molecule has 1 amide bonds. The van der Waals surface area contributed by atoms with E-state index in [1.807, 2.05) is 37.3 Å². The Bertz CT molecular complexity index is 1380. The maximum absolute atomic E-state index is 12.6. The zero-order chi connectivity index (χ0) is 24.6. The molecule has 0 spiro atoms. The molecule has 0 bridgehead atoms. The quantitative estimate of drug-likeness (QED) is 0.570. The molecule has 1 aromatic heterocycles. The molecule has 0 fully saturated rings. The van der Waals surface area contributed by atoms with Crippen LogP contribution in [0.15, 0.2) is 71.7 Å². The third kappa shape index (κ3) is 4.33. The van der Waals surface area contributed by atoms with Gasteiger partial charge in [-0.05, 0) is 54.8 Å². The summed E-state index contributed by atoms with van der Waals surface area (Å²) in [4.78, 5) is 23.3. The summed E-state index contributed by atoms with van der Waals surface area (Å²) in [5.41, 5.74) is 10.6. The summed E-state index contributed by atoms with van der Waals surface area (Å²) in [7, 11) is 1.66. The first-order valence-electron chi connectivity index (χ1n) is 11.6. The zero-order valence-corrected chi connectivity index (χ0v) is 20.7. The van der Waals surface area contributed by atoms with Gasteiger partial charge in [-0.3, -0.25) is 9.69 Å². The molecular weight excluding hydrogens is 454 g/mol. The van der Waals surface area contributed by atoms with E-state index in [-0.39, 0.29) is 18.3 Å². The highest BCUT2D eigenvalue weighted by Crippen LogP contribution is 2.45.